The molecule has 1 aliphatic carbocycles. The Kier molecular flexibility index (Phi) is 14.5. The van der Waals surface area contributed by atoms with Crippen LogP contribution in [-0.4, -0.2) is 64.3 Å². The number of carboxylic acids is 1. The number of phosphoric ester groups is 1. The van der Waals surface area contributed by atoms with Crippen LogP contribution in [-0.2, 0) is 13.6 Å². The third kappa shape index (κ3) is 11.6. The molecule has 49 heavy (non-hydrogen) atoms. The first-order valence-electron chi connectivity index (χ1n) is 16.1. The van der Waals surface area contributed by atoms with E-state index in [1.807, 2.05) is 0 Å². The number of aromatic hydroxyl groups is 1. The van der Waals surface area contributed by atoms with E-state index < -0.39 is 13.8 Å². The summed E-state index contributed by atoms with van der Waals surface area (Å²) in [5, 5.41) is 38.9. The average Bonchev–Trinajstić information content (AvgIpc) is 3.06. The van der Waals surface area contributed by atoms with Gasteiger partial charge in [0, 0.05) is 47.5 Å². The highest BCUT2D eigenvalue weighted by Crippen LogP contribution is 2.43. The van der Waals surface area contributed by atoms with E-state index in [0.29, 0.717) is 58.0 Å². The molecule has 0 saturated heterocycles. The molecular formula is C34H42N3O10PS. The molecule has 0 saturated carbocycles. The summed E-state index contributed by atoms with van der Waals surface area (Å²) in [6.45, 7) is 1.41. The minimum Gasteiger partial charge on any atom is -0.508 e. The molecule has 0 fully saturated rings. The van der Waals surface area contributed by atoms with Gasteiger partial charge < -0.3 is 35.3 Å². The molecule has 7 N–H and O–H groups in total. The van der Waals surface area contributed by atoms with Gasteiger partial charge in [0.25, 0.3) is 0 Å². The van der Waals surface area contributed by atoms with E-state index in [2.05, 4.69) is 16.0 Å². The van der Waals surface area contributed by atoms with E-state index in [1.165, 1.54) is 30.3 Å². The largest absolute Gasteiger partial charge is 0.508 e. The van der Waals surface area contributed by atoms with Gasteiger partial charge in [-0.15, -0.1) is 0 Å². The van der Waals surface area contributed by atoms with Gasteiger partial charge in [-0.05, 0) is 86.4 Å². The van der Waals surface area contributed by atoms with Gasteiger partial charge in [0.2, 0.25) is 0 Å². The van der Waals surface area contributed by atoms with E-state index in [1.54, 1.807) is 24.3 Å². The first kappa shape index (κ1) is 37.9. The number of anilines is 1. The number of aromatic carboxylic acids is 1. The number of carboxylic acid groups (broad SMARTS) is 1. The Labute approximate surface area is 289 Å². The van der Waals surface area contributed by atoms with Crippen molar-refractivity contribution in [2.45, 2.75) is 51.4 Å². The topological polar surface area (TPSA) is 200 Å². The molecular weight excluding hydrogens is 673 g/mol. The van der Waals surface area contributed by atoms with Gasteiger partial charge in [0.1, 0.15) is 23.8 Å². The number of phenols is 1. The lowest BCUT2D eigenvalue weighted by Crippen LogP contribution is -2.29. The van der Waals surface area contributed by atoms with Crippen molar-refractivity contribution < 1.29 is 43.0 Å². The minimum absolute atomic E-state index is 0.00230. The summed E-state index contributed by atoms with van der Waals surface area (Å²) in [5.74, 6) is -0.931. The quantitative estimate of drug-likeness (QED) is 0.0183. The number of aliphatic hydroxyl groups excluding tert-OH is 1. The number of phosphoric acid groups is 1. The summed E-state index contributed by atoms with van der Waals surface area (Å²) in [6, 6.07) is 13.7. The van der Waals surface area contributed by atoms with E-state index in [4.69, 9.17) is 30.8 Å². The maximum absolute atomic E-state index is 12.5. The van der Waals surface area contributed by atoms with Gasteiger partial charge in [-0.2, -0.15) is 0 Å². The number of rotatable bonds is 20. The zero-order valence-electron chi connectivity index (χ0n) is 27.0. The number of hydrogen-bond donors (Lipinski definition) is 7. The number of unbranched alkanes of at least 4 members (excludes halogenated alkanes) is 6. The molecule has 1 aliphatic heterocycles. The highest BCUT2D eigenvalue weighted by Gasteiger charge is 2.23. The second-order valence-electron chi connectivity index (χ2n) is 11.4. The fraction of sp³-hybridized carbons (Fsp3) is 0.382. The number of thiocarbonyl (C=S) groups is 1. The first-order chi connectivity index (χ1) is 23.6. The fourth-order valence-corrected chi connectivity index (χ4v) is 6.16. The van der Waals surface area contributed by atoms with Crippen LogP contribution >= 0.6 is 20.0 Å². The molecule has 2 aromatic carbocycles. The summed E-state index contributed by atoms with van der Waals surface area (Å²) < 4.78 is 27.8. The van der Waals surface area contributed by atoms with Gasteiger partial charge in [-0.3, -0.25) is 19.2 Å². The zero-order chi connectivity index (χ0) is 35.2. The number of phenolic OH excluding ortho intramolecular Hbond substituents is 1. The zero-order valence-corrected chi connectivity index (χ0v) is 28.7. The molecule has 1 heterocycles. The molecule has 0 spiro atoms. The van der Waals surface area contributed by atoms with Crippen LogP contribution in [0.1, 0.15) is 61.7 Å². The average molecular weight is 716 g/mol. The molecule has 13 nitrogen and oxygen atoms in total. The van der Waals surface area contributed by atoms with Crippen LogP contribution in [0.4, 0.5) is 5.69 Å². The smallest absolute Gasteiger partial charge is 0.473 e. The third-order valence-corrected chi connectivity index (χ3v) is 8.87. The number of fused-ring (bicyclic) bond motifs is 2. The van der Waals surface area contributed by atoms with Crippen molar-refractivity contribution in [2.75, 3.05) is 38.4 Å². The van der Waals surface area contributed by atoms with E-state index >= 15 is 0 Å². The van der Waals surface area contributed by atoms with Crippen LogP contribution in [0.5, 0.6) is 5.75 Å². The second-order valence-corrected chi connectivity index (χ2v) is 13.3. The van der Waals surface area contributed by atoms with Gasteiger partial charge in [0.15, 0.2) is 10.5 Å². The maximum Gasteiger partial charge on any atom is 0.473 e. The number of aliphatic hydroxyl groups is 1. The molecule has 0 bridgehead atoms. The van der Waals surface area contributed by atoms with Crippen molar-refractivity contribution in [1.29, 1.82) is 0 Å². The van der Waals surface area contributed by atoms with Gasteiger partial charge in [-0.25, -0.2) is 9.36 Å². The Morgan fingerprint density at radius 2 is 1.61 bits per heavy atom. The highest BCUT2D eigenvalue weighted by molar-refractivity contribution is 7.80. The lowest BCUT2D eigenvalue weighted by atomic mass is 9.90. The maximum atomic E-state index is 12.5. The minimum atomic E-state index is -4.12. The summed E-state index contributed by atoms with van der Waals surface area (Å²) in [5.41, 5.74) is 2.00. The summed E-state index contributed by atoms with van der Waals surface area (Å²) in [7, 11) is -4.12. The molecule has 2 aromatic rings. The lowest BCUT2D eigenvalue weighted by Gasteiger charge is -2.18. The van der Waals surface area contributed by atoms with E-state index in [0.717, 1.165) is 44.9 Å². The van der Waals surface area contributed by atoms with Crippen LogP contribution in [0, 0.1) is 0 Å². The van der Waals surface area contributed by atoms with Crippen molar-refractivity contribution in [1.82, 2.24) is 10.6 Å². The second kappa shape index (κ2) is 18.8. The molecule has 0 radical (unpaired) electrons. The Hall–Kier alpha value is -3.88. The Bertz CT molecular complexity index is 1800. The molecule has 1 unspecified atom stereocenters. The van der Waals surface area contributed by atoms with Crippen LogP contribution in [0.2, 0.25) is 0 Å². The SMILES string of the molecule is O=C(O)c1cc(NC(=S)NCCCCCCOP(=O)(O)OCNCCCCCCO)ccc1-c1c2ccc(=O)cc-2oc2cc(O)ccc12. The van der Waals surface area contributed by atoms with E-state index in [-0.39, 0.29) is 42.4 Å². The molecule has 2 aliphatic rings. The number of benzene rings is 3. The summed E-state index contributed by atoms with van der Waals surface area (Å²) in [6.07, 6.45) is 6.51. The number of carbonyl (C=O) groups is 1. The predicted octanol–water partition coefficient (Wildman–Crippen LogP) is 6.05. The third-order valence-electron chi connectivity index (χ3n) is 7.66. The van der Waals surface area contributed by atoms with Crippen LogP contribution < -0.4 is 21.4 Å². The molecule has 15 heteroatoms. The predicted molar refractivity (Wildman–Crippen MR) is 191 cm³/mol. The van der Waals surface area contributed by atoms with Crippen molar-refractivity contribution in [3.8, 4) is 28.2 Å². The Morgan fingerprint density at radius 3 is 2.39 bits per heavy atom. The summed E-state index contributed by atoms with van der Waals surface area (Å²) >= 11 is 5.42. The van der Waals surface area contributed by atoms with Crippen molar-refractivity contribution >= 4 is 47.8 Å². The molecule has 1 atom stereocenters. The van der Waals surface area contributed by atoms with Gasteiger partial charge in [-0.1, -0.05) is 31.7 Å². The Balaban J connectivity index is 1.23. The molecule has 0 aromatic heterocycles. The fourth-order valence-electron chi connectivity index (χ4n) is 5.26. The van der Waals surface area contributed by atoms with Crippen molar-refractivity contribution in [3.63, 3.8) is 0 Å². The standard InChI is InChI=1S/C34H42N3O10PS/c38-17-7-3-1-5-15-35-22-46-48(43,44)45-18-8-4-2-6-16-36-34(49)37-23-9-12-26(29(19-23)33(41)42)32-27-13-10-24(39)20-30(27)47-31-21-25(40)11-14-28(31)32/h9-14,19-21,35,38-39H,1-8,15-18,22H2,(H,41,42)(H,43,44)(H2,36,37,49). The van der Waals surface area contributed by atoms with Crippen LogP contribution in [0.15, 0.2) is 63.8 Å². The van der Waals surface area contributed by atoms with Crippen LogP contribution in [0.25, 0.3) is 33.4 Å². The normalized spacial score (nSPS) is 12.6. The summed E-state index contributed by atoms with van der Waals surface area (Å²) in [4.78, 5) is 34.3. The van der Waals surface area contributed by atoms with Gasteiger partial charge >= 0.3 is 13.8 Å². The number of nitrogens with one attached hydrogen (secondary N) is 3. The molecule has 4 rings (SSSR count). The monoisotopic (exact) mass is 715 g/mol. The van der Waals surface area contributed by atoms with E-state index in [9.17, 15) is 29.3 Å². The van der Waals surface area contributed by atoms with Gasteiger partial charge in [0.05, 0.1) is 12.2 Å². The van der Waals surface area contributed by atoms with Crippen molar-refractivity contribution in [3.05, 3.63) is 70.4 Å². The highest BCUT2D eigenvalue weighted by atomic mass is 32.1. The first-order valence-corrected chi connectivity index (χ1v) is 18.0. The Morgan fingerprint density at radius 1 is 0.878 bits per heavy atom. The molecule has 264 valence electrons. The van der Waals surface area contributed by atoms with Crippen molar-refractivity contribution in [2.24, 2.45) is 0 Å². The van der Waals surface area contributed by atoms with Crippen LogP contribution in [0.3, 0.4) is 0 Å². The molecule has 0 amide bonds. The number of hydrogen-bond acceptors (Lipinski definition) is 10. The lowest BCUT2D eigenvalue weighted by molar-refractivity contribution is 0.0697.